The van der Waals surface area contributed by atoms with Gasteiger partial charge in [0.25, 0.3) is 0 Å². The smallest absolute Gasteiger partial charge is 0.336 e. The van der Waals surface area contributed by atoms with Crippen LogP contribution in [0.1, 0.15) is 44.8 Å². The number of fused-ring (bicyclic) bond motifs is 2. The molecule has 0 radical (unpaired) electrons. The zero-order chi connectivity index (χ0) is 22.5. The van der Waals surface area contributed by atoms with Gasteiger partial charge in [0, 0.05) is 18.2 Å². The Kier molecular flexibility index (Phi) is 7.40. The first-order valence-electron chi connectivity index (χ1n) is 10.0. The summed E-state index contributed by atoms with van der Waals surface area (Å²) in [6, 6.07) is 6.08. The van der Waals surface area contributed by atoms with Gasteiger partial charge in [0.1, 0.15) is 4.60 Å². The van der Waals surface area contributed by atoms with Crippen molar-refractivity contribution in [2.75, 3.05) is 18.8 Å². The minimum atomic E-state index is -1.23. The third kappa shape index (κ3) is 5.29. The second-order valence-electron chi connectivity index (χ2n) is 7.62. The number of nitrogens with two attached hydrogens (primary N) is 1. The fourth-order valence-electron chi connectivity index (χ4n) is 4.34. The number of carboxylic acid groups (broad SMARTS) is 2. The second kappa shape index (κ2) is 10.0. The zero-order valence-corrected chi connectivity index (χ0v) is 18.6. The molecule has 1 aromatic heterocycles. The molecule has 4 N–H and O–H groups in total. The molecule has 8 nitrogen and oxygen atoms in total. The fraction of sp³-hybridized carbons (Fsp3) is 0.364. The lowest BCUT2D eigenvalue weighted by molar-refractivity contribution is 0.0651. The third-order valence-corrected chi connectivity index (χ3v) is 6.37. The van der Waals surface area contributed by atoms with Gasteiger partial charge in [-0.1, -0.05) is 18.2 Å². The van der Waals surface area contributed by atoms with E-state index in [0.717, 1.165) is 29.7 Å². The Morgan fingerprint density at radius 1 is 1.19 bits per heavy atom. The molecule has 1 aliphatic carbocycles. The number of nitrogen functional groups attached to an aromatic ring is 1. The maximum absolute atomic E-state index is 10.5. The number of anilines is 1. The molecule has 2 heterocycles. The van der Waals surface area contributed by atoms with E-state index in [1.165, 1.54) is 49.2 Å². The molecular weight excluding hydrogens is 464 g/mol. The first kappa shape index (κ1) is 22.9. The fourth-order valence-corrected chi connectivity index (χ4v) is 4.91. The number of carbonyl (C=O) groups is 2. The molecule has 0 bridgehead atoms. The molecule has 0 spiro atoms. The molecule has 2 aliphatic rings. The zero-order valence-electron chi connectivity index (χ0n) is 17.0. The number of benzene rings is 1. The van der Waals surface area contributed by atoms with Crippen molar-refractivity contribution in [1.82, 2.24) is 14.9 Å². The van der Waals surface area contributed by atoms with Crippen molar-refractivity contribution in [1.29, 1.82) is 0 Å². The summed E-state index contributed by atoms with van der Waals surface area (Å²) >= 11 is 3.54. The van der Waals surface area contributed by atoms with Gasteiger partial charge < -0.3 is 15.9 Å². The van der Waals surface area contributed by atoms with Crippen LogP contribution in [0.4, 0.5) is 5.95 Å². The Morgan fingerprint density at radius 2 is 1.84 bits per heavy atom. The number of halogens is 1. The third-order valence-electron chi connectivity index (χ3n) is 5.71. The predicted molar refractivity (Wildman–Crippen MR) is 120 cm³/mol. The average Bonchev–Trinajstić information content (AvgIpc) is 2.73. The summed E-state index contributed by atoms with van der Waals surface area (Å²) in [6.07, 6.45) is 6.62. The van der Waals surface area contributed by atoms with Crippen molar-refractivity contribution < 1.29 is 19.8 Å². The van der Waals surface area contributed by atoms with E-state index < -0.39 is 11.9 Å². The molecular formula is C22H25BrN4O4. The number of piperidine rings is 1. The van der Waals surface area contributed by atoms with E-state index in [1.807, 2.05) is 6.08 Å². The Morgan fingerprint density at radius 3 is 2.42 bits per heavy atom. The summed E-state index contributed by atoms with van der Waals surface area (Å²) < 4.78 is 0.873. The van der Waals surface area contributed by atoms with E-state index in [9.17, 15) is 9.59 Å². The van der Waals surface area contributed by atoms with Crippen molar-refractivity contribution in [3.8, 4) is 0 Å². The molecule has 2 aromatic rings. The van der Waals surface area contributed by atoms with Gasteiger partial charge >= 0.3 is 11.9 Å². The van der Waals surface area contributed by atoms with E-state index in [0.29, 0.717) is 17.9 Å². The number of nitrogens with zero attached hydrogens (tertiary/aromatic N) is 3. The normalized spacial score (nSPS) is 19.9. The highest BCUT2D eigenvalue weighted by Crippen LogP contribution is 2.36. The Balaban J connectivity index is 0.000000196. The Bertz CT molecular complexity index is 964. The van der Waals surface area contributed by atoms with Crippen molar-refractivity contribution in [3.63, 3.8) is 0 Å². The van der Waals surface area contributed by atoms with E-state index >= 15 is 0 Å². The molecule has 164 valence electrons. The molecule has 2 atom stereocenters. The van der Waals surface area contributed by atoms with Crippen molar-refractivity contribution in [3.05, 3.63) is 63.9 Å². The molecule has 0 amide bonds. The highest BCUT2D eigenvalue weighted by molar-refractivity contribution is 9.10. The second-order valence-corrected chi connectivity index (χ2v) is 8.37. The summed E-state index contributed by atoms with van der Waals surface area (Å²) in [4.78, 5) is 32.1. The minimum Gasteiger partial charge on any atom is -0.478 e. The summed E-state index contributed by atoms with van der Waals surface area (Å²) in [6.45, 7) is 6.03. The monoisotopic (exact) mass is 488 g/mol. The number of hydrogen-bond donors (Lipinski definition) is 3. The molecule has 4 rings (SSSR count). The topological polar surface area (TPSA) is 130 Å². The van der Waals surface area contributed by atoms with Crippen LogP contribution in [0.15, 0.2) is 41.5 Å². The van der Waals surface area contributed by atoms with Crippen LogP contribution >= 0.6 is 15.9 Å². The molecule has 0 unspecified atom stereocenters. The quantitative estimate of drug-likeness (QED) is 0.441. The molecule has 31 heavy (non-hydrogen) atoms. The molecule has 1 fully saturated rings. The lowest BCUT2D eigenvalue weighted by Crippen LogP contribution is -2.49. The lowest BCUT2D eigenvalue weighted by Gasteiger charge is -2.44. The van der Waals surface area contributed by atoms with Crippen LogP contribution in [0.25, 0.3) is 0 Å². The van der Waals surface area contributed by atoms with Gasteiger partial charge in [-0.3, -0.25) is 4.90 Å². The van der Waals surface area contributed by atoms with Gasteiger partial charge in [0.2, 0.25) is 5.95 Å². The average molecular weight is 489 g/mol. The number of rotatable bonds is 4. The van der Waals surface area contributed by atoms with Crippen LogP contribution in [0.3, 0.4) is 0 Å². The van der Waals surface area contributed by atoms with Gasteiger partial charge in [-0.2, -0.15) is 0 Å². The van der Waals surface area contributed by atoms with Gasteiger partial charge in [-0.25, -0.2) is 19.6 Å². The highest BCUT2D eigenvalue weighted by Gasteiger charge is 2.36. The minimum absolute atomic E-state index is 0.190. The van der Waals surface area contributed by atoms with Crippen molar-refractivity contribution >= 4 is 33.8 Å². The standard InChI is InChI=1S/C14H19BrN4.C8H6O4/c1-2-5-19-6-3-4-9-7-11-10(8-12(9)19)13(15)18-14(16)17-11;9-7(10)5-3-1-2-4-6(5)8(11)12/h2,9,12H,1,3-8H2,(H2,16,17,18);1-4H,(H,9,10)(H,11,12)/t9-,12-;/m0./s1. The van der Waals surface area contributed by atoms with Crippen LogP contribution in [0.2, 0.25) is 0 Å². The summed E-state index contributed by atoms with van der Waals surface area (Å²) in [5.74, 6) is -1.38. The molecule has 0 saturated carbocycles. The highest BCUT2D eigenvalue weighted by atomic mass is 79.9. The van der Waals surface area contributed by atoms with Crippen LogP contribution in [0, 0.1) is 5.92 Å². The summed E-state index contributed by atoms with van der Waals surface area (Å²) in [7, 11) is 0. The Hall–Kier alpha value is -2.78. The number of aromatic carboxylic acids is 2. The molecule has 1 saturated heterocycles. The first-order valence-corrected chi connectivity index (χ1v) is 10.8. The molecule has 9 heteroatoms. The summed E-state index contributed by atoms with van der Waals surface area (Å²) in [5.41, 5.74) is 7.75. The molecule has 1 aromatic carbocycles. The van der Waals surface area contributed by atoms with Crippen molar-refractivity contribution in [2.45, 2.75) is 31.7 Å². The summed E-state index contributed by atoms with van der Waals surface area (Å²) in [5, 5.41) is 17.1. The van der Waals surface area contributed by atoms with E-state index in [4.69, 9.17) is 15.9 Å². The lowest BCUT2D eigenvalue weighted by atomic mass is 9.77. The van der Waals surface area contributed by atoms with E-state index in [2.05, 4.69) is 37.4 Å². The maximum atomic E-state index is 10.5. The number of carboxylic acids is 2. The van der Waals surface area contributed by atoms with Gasteiger partial charge in [-0.15, -0.1) is 6.58 Å². The maximum Gasteiger partial charge on any atom is 0.336 e. The predicted octanol–water partition coefficient (Wildman–Crippen LogP) is 3.27. The number of likely N-dealkylation sites (tertiary alicyclic amines) is 1. The number of aromatic nitrogens is 2. The van der Waals surface area contributed by atoms with Gasteiger partial charge in [-0.05, 0) is 66.2 Å². The SMILES string of the molecule is C=CCN1CCC[C@H]2Cc3nc(N)nc(Br)c3C[C@@H]21.O=C(O)c1ccccc1C(=O)O. The van der Waals surface area contributed by atoms with Gasteiger partial charge in [0.15, 0.2) is 0 Å². The van der Waals surface area contributed by atoms with Crippen LogP contribution in [-0.4, -0.2) is 56.2 Å². The van der Waals surface area contributed by atoms with Crippen LogP contribution < -0.4 is 5.73 Å². The number of hydrogen-bond acceptors (Lipinski definition) is 6. The van der Waals surface area contributed by atoms with Crippen LogP contribution in [0.5, 0.6) is 0 Å². The molecule has 1 aliphatic heterocycles. The van der Waals surface area contributed by atoms with Crippen molar-refractivity contribution in [2.24, 2.45) is 5.92 Å². The van der Waals surface area contributed by atoms with Gasteiger partial charge in [0.05, 0.1) is 16.8 Å². The largest absolute Gasteiger partial charge is 0.478 e. The Labute approximate surface area is 188 Å². The van der Waals surface area contributed by atoms with Crippen LogP contribution in [-0.2, 0) is 12.8 Å². The van der Waals surface area contributed by atoms with E-state index in [1.54, 1.807) is 0 Å². The van der Waals surface area contributed by atoms with E-state index in [-0.39, 0.29) is 11.1 Å². The first-order chi connectivity index (χ1) is 14.8.